The Morgan fingerprint density at radius 2 is 2.18 bits per heavy atom. The lowest BCUT2D eigenvalue weighted by molar-refractivity contribution is 0.659. The van der Waals surface area contributed by atoms with Crippen LogP contribution in [0.1, 0.15) is 24.8 Å². The maximum Gasteiger partial charge on any atom is 0.101 e. The minimum Gasteiger partial charge on any atom is -0.385 e. The first-order valence-electron chi connectivity index (χ1n) is 5.96. The van der Waals surface area contributed by atoms with E-state index in [0.29, 0.717) is 10.6 Å². The summed E-state index contributed by atoms with van der Waals surface area (Å²) in [7, 11) is 0. The molecule has 4 heteroatoms. The number of halogens is 1. The second-order valence-electron chi connectivity index (χ2n) is 4.32. The Kier molecular flexibility index (Phi) is 4.24. The first kappa shape index (κ1) is 12.2. The normalized spacial score (nSPS) is 14.4. The summed E-state index contributed by atoms with van der Waals surface area (Å²) < 4.78 is 0. The quantitative estimate of drug-likeness (QED) is 0.763. The predicted molar refractivity (Wildman–Crippen MR) is 70.3 cm³/mol. The van der Waals surface area contributed by atoms with Crippen LogP contribution in [0.2, 0.25) is 5.02 Å². The maximum absolute atomic E-state index is 8.75. The lowest BCUT2D eigenvalue weighted by atomic mass is 10.2. The van der Waals surface area contributed by atoms with Crippen molar-refractivity contribution in [1.29, 1.82) is 5.26 Å². The Morgan fingerprint density at radius 1 is 1.35 bits per heavy atom. The van der Waals surface area contributed by atoms with Gasteiger partial charge in [-0.2, -0.15) is 5.26 Å². The number of hydrogen-bond acceptors (Lipinski definition) is 3. The molecule has 0 unspecified atom stereocenters. The second kappa shape index (κ2) is 5.90. The third-order valence-corrected chi connectivity index (χ3v) is 3.10. The van der Waals surface area contributed by atoms with Crippen molar-refractivity contribution in [2.75, 3.05) is 18.4 Å². The van der Waals surface area contributed by atoms with Crippen LogP contribution in [0, 0.1) is 11.3 Å². The zero-order chi connectivity index (χ0) is 12.1. The number of benzene rings is 1. The molecule has 0 spiro atoms. The zero-order valence-corrected chi connectivity index (χ0v) is 10.4. The molecule has 0 aromatic heterocycles. The van der Waals surface area contributed by atoms with Gasteiger partial charge in [-0.3, -0.25) is 0 Å². The van der Waals surface area contributed by atoms with E-state index < -0.39 is 0 Å². The Hall–Kier alpha value is -1.24. The van der Waals surface area contributed by atoms with Gasteiger partial charge in [-0.15, -0.1) is 0 Å². The standard InChI is InChI=1S/C13H16ClN3/c14-13-8-12(3-2-10(13)9-15)17-7-1-6-16-11-4-5-11/h2-3,8,11,16-17H,1,4-7H2. The first-order valence-corrected chi connectivity index (χ1v) is 6.34. The number of anilines is 1. The number of hydrogen-bond donors (Lipinski definition) is 2. The van der Waals surface area contributed by atoms with E-state index in [1.165, 1.54) is 12.8 Å². The third kappa shape index (κ3) is 3.92. The number of nitrogens with zero attached hydrogens (tertiary/aromatic N) is 1. The van der Waals surface area contributed by atoms with E-state index in [9.17, 15) is 0 Å². The van der Waals surface area contributed by atoms with Crippen molar-refractivity contribution in [2.45, 2.75) is 25.3 Å². The number of rotatable bonds is 6. The molecule has 0 atom stereocenters. The summed E-state index contributed by atoms with van der Waals surface area (Å²) in [6.07, 6.45) is 3.76. The van der Waals surface area contributed by atoms with Gasteiger partial charge in [0.25, 0.3) is 0 Å². The van der Waals surface area contributed by atoms with Crippen LogP contribution in [0.5, 0.6) is 0 Å². The van der Waals surface area contributed by atoms with Gasteiger partial charge in [0.15, 0.2) is 0 Å². The molecule has 17 heavy (non-hydrogen) atoms. The molecule has 1 aromatic rings. The lowest BCUT2D eigenvalue weighted by Crippen LogP contribution is -2.19. The van der Waals surface area contributed by atoms with Gasteiger partial charge in [0, 0.05) is 18.3 Å². The molecule has 0 aliphatic heterocycles. The first-order chi connectivity index (χ1) is 8.29. The summed E-state index contributed by atoms with van der Waals surface area (Å²) in [5, 5.41) is 16.0. The van der Waals surface area contributed by atoms with Gasteiger partial charge in [-0.25, -0.2) is 0 Å². The lowest BCUT2D eigenvalue weighted by Gasteiger charge is -2.07. The molecule has 1 aliphatic carbocycles. The van der Waals surface area contributed by atoms with Crippen LogP contribution in [0.15, 0.2) is 18.2 Å². The predicted octanol–water partition coefficient (Wildman–Crippen LogP) is 2.77. The van der Waals surface area contributed by atoms with E-state index in [2.05, 4.69) is 10.6 Å². The van der Waals surface area contributed by atoms with Crippen LogP contribution >= 0.6 is 11.6 Å². The Morgan fingerprint density at radius 3 is 2.82 bits per heavy atom. The fourth-order valence-corrected chi connectivity index (χ4v) is 1.85. The van der Waals surface area contributed by atoms with Crippen molar-refractivity contribution in [1.82, 2.24) is 5.32 Å². The summed E-state index contributed by atoms with van der Waals surface area (Å²) in [5.74, 6) is 0. The molecular formula is C13H16ClN3. The highest BCUT2D eigenvalue weighted by Crippen LogP contribution is 2.20. The van der Waals surface area contributed by atoms with Crippen LogP contribution in [0.4, 0.5) is 5.69 Å². The molecule has 1 aliphatic rings. The van der Waals surface area contributed by atoms with Crippen LogP contribution in [-0.2, 0) is 0 Å². The van der Waals surface area contributed by atoms with Gasteiger partial charge in [-0.05, 0) is 44.0 Å². The van der Waals surface area contributed by atoms with Gasteiger partial charge in [-0.1, -0.05) is 11.6 Å². The molecular weight excluding hydrogens is 234 g/mol. The molecule has 1 fully saturated rings. The molecule has 3 nitrogen and oxygen atoms in total. The monoisotopic (exact) mass is 249 g/mol. The second-order valence-corrected chi connectivity index (χ2v) is 4.72. The Balaban J connectivity index is 1.70. The highest BCUT2D eigenvalue weighted by atomic mass is 35.5. The van der Waals surface area contributed by atoms with Gasteiger partial charge >= 0.3 is 0 Å². The summed E-state index contributed by atoms with van der Waals surface area (Å²) in [6.45, 7) is 1.98. The van der Waals surface area contributed by atoms with E-state index in [1.54, 1.807) is 12.1 Å². The fraction of sp³-hybridized carbons (Fsp3) is 0.462. The molecule has 0 amide bonds. The average Bonchev–Trinajstić information content (AvgIpc) is 3.13. The number of nitrogens with one attached hydrogen (secondary N) is 2. The molecule has 1 saturated carbocycles. The van der Waals surface area contributed by atoms with Crippen LogP contribution in [0.25, 0.3) is 0 Å². The van der Waals surface area contributed by atoms with E-state index in [-0.39, 0.29) is 0 Å². The van der Waals surface area contributed by atoms with Crippen molar-refractivity contribution in [3.63, 3.8) is 0 Å². The molecule has 0 radical (unpaired) electrons. The SMILES string of the molecule is N#Cc1ccc(NCCCNC2CC2)cc1Cl. The molecule has 90 valence electrons. The molecule has 2 rings (SSSR count). The molecule has 0 bridgehead atoms. The Bertz CT molecular complexity index is 421. The van der Waals surface area contributed by atoms with Gasteiger partial charge in [0.2, 0.25) is 0 Å². The highest BCUT2D eigenvalue weighted by molar-refractivity contribution is 6.32. The summed E-state index contributed by atoms with van der Waals surface area (Å²) in [6, 6.07) is 8.26. The molecule has 1 aromatic carbocycles. The smallest absolute Gasteiger partial charge is 0.101 e. The molecule has 0 saturated heterocycles. The maximum atomic E-state index is 8.75. The third-order valence-electron chi connectivity index (χ3n) is 2.78. The van der Waals surface area contributed by atoms with Crippen molar-refractivity contribution in [3.05, 3.63) is 28.8 Å². The zero-order valence-electron chi connectivity index (χ0n) is 9.67. The largest absolute Gasteiger partial charge is 0.385 e. The minimum absolute atomic E-state index is 0.508. The van der Waals surface area contributed by atoms with Gasteiger partial charge in [0.05, 0.1) is 10.6 Å². The number of nitriles is 1. The fourth-order valence-electron chi connectivity index (χ4n) is 1.63. The summed E-state index contributed by atoms with van der Waals surface area (Å²) >= 11 is 5.94. The highest BCUT2D eigenvalue weighted by Gasteiger charge is 2.19. The average molecular weight is 250 g/mol. The van der Waals surface area contributed by atoms with Crippen molar-refractivity contribution in [2.24, 2.45) is 0 Å². The van der Waals surface area contributed by atoms with Crippen LogP contribution in [-0.4, -0.2) is 19.1 Å². The van der Waals surface area contributed by atoms with Crippen molar-refractivity contribution < 1.29 is 0 Å². The van der Waals surface area contributed by atoms with Crippen LogP contribution < -0.4 is 10.6 Å². The molecule has 2 N–H and O–H groups in total. The van der Waals surface area contributed by atoms with Gasteiger partial charge in [0.1, 0.15) is 6.07 Å². The van der Waals surface area contributed by atoms with Crippen molar-refractivity contribution >= 4 is 17.3 Å². The van der Waals surface area contributed by atoms with Crippen LogP contribution in [0.3, 0.4) is 0 Å². The van der Waals surface area contributed by atoms with E-state index in [0.717, 1.165) is 31.2 Å². The van der Waals surface area contributed by atoms with E-state index in [1.807, 2.05) is 12.1 Å². The van der Waals surface area contributed by atoms with Crippen molar-refractivity contribution in [3.8, 4) is 6.07 Å². The molecule has 0 heterocycles. The minimum atomic E-state index is 0.508. The van der Waals surface area contributed by atoms with E-state index >= 15 is 0 Å². The topological polar surface area (TPSA) is 47.9 Å². The van der Waals surface area contributed by atoms with E-state index in [4.69, 9.17) is 16.9 Å². The Labute approximate surface area is 107 Å². The van der Waals surface area contributed by atoms with Gasteiger partial charge < -0.3 is 10.6 Å². The summed E-state index contributed by atoms with van der Waals surface area (Å²) in [4.78, 5) is 0. The summed E-state index contributed by atoms with van der Waals surface area (Å²) in [5.41, 5.74) is 1.49.